The predicted molar refractivity (Wildman–Crippen MR) is 136 cm³/mol. The molecule has 4 aromatic rings. The Morgan fingerprint density at radius 3 is 2.41 bits per heavy atom. The van der Waals surface area contributed by atoms with E-state index in [9.17, 15) is 14.7 Å². The molecule has 2 N–H and O–H groups in total. The number of ketones is 1. The summed E-state index contributed by atoms with van der Waals surface area (Å²) in [5.41, 5.74) is 4.74. The molecule has 2 aliphatic heterocycles. The summed E-state index contributed by atoms with van der Waals surface area (Å²) in [4.78, 5) is 27.3. The van der Waals surface area contributed by atoms with E-state index in [0.717, 1.165) is 24.1 Å². The molecule has 0 bridgehead atoms. The number of hydrogen-bond donors (Lipinski definition) is 2. The van der Waals surface area contributed by atoms with Crippen molar-refractivity contribution in [3.8, 4) is 11.3 Å². The highest BCUT2D eigenvalue weighted by Crippen LogP contribution is 2.47. The van der Waals surface area contributed by atoms with E-state index in [2.05, 4.69) is 15.4 Å². The zero-order valence-corrected chi connectivity index (χ0v) is 19.8. The van der Waals surface area contributed by atoms with Crippen LogP contribution in [0, 0.1) is 0 Å². The second-order valence-electron chi connectivity index (χ2n) is 9.53. The number of anilines is 3. The molecule has 186 valence electrons. The first-order valence-electron chi connectivity index (χ1n) is 12.3. The Morgan fingerprint density at radius 1 is 1.00 bits per heavy atom. The molecule has 0 radical (unpaired) electrons. The SMILES string of the molecule is O=C(O)c1ccc(Nc2cc(N3CCC4(CC3)OCCO4)c3noc4c3c2C(=O)c2ccccc2-4)cc1. The van der Waals surface area contributed by atoms with Gasteiger partial charge in [-0.1, -0.05) is 29.4 Å². The van der Waals surface area contributed by atoms with Gasteiger partial charge in [0, 0.05) is 42.7 Å². The number of carbonyl (C=O) groups is 2. The smallest absolute Gasteiger partial charge is 0.335 e. The summed E-state index contributed by atoms with van der Waals surface area (Å²) in [6.45, 7) is 2.63. The van der Waals surface area contributed by atoms with Crippen molar-refractivity contribution in [2.24, 2.45) is 0 Å². The second kappa shape index (κ2) is 8.16. The fourth-order valence-electron chi connectivity index (χ4n) is 5.61. The van der Waals surface area contributed by atoms with E-state index in [-0.39, 0.29) is 11.3 Å². The van der Waals surface area contributed by atoms with Gasteiger partial charge >= 0.3 is 5.97 Å². The first kappa shape index (κ1) is 22.0. The van der Waals surface area contributed by atoms with Crippen molar-refractivity contribution < 1.29 is 28.7 Å². The van der Waals surface area contributed by atoms with Crippen LogP contribution in [0.5, 0.6) is 0 Å². The van der Waals surface area contributed by atoms with Crippen LogP contribution in [0.4, 0.5) is 17.1 Å². The number of benzene rings is 3. The second-order valence-corrected chi connectivity index (χ2v) is 9.53. The lowest BCUT2D eigenvalue weighted by atomic mass is 9.86. The van der Waals surface area contributed by atoms with Crippen molar-refractivity contribution in [2.75, 3.05) is 36.5 Å². The van der Waals surface area contributed by atoms with Gasteiger partial charge in [-0.2, -0.15) is 0 Å². The van der Waals surface area contributed by atoms with E-state index in [1.54, 1.807) is 18.2 Å². The Morgan fingerprint density at radius 2 is 1.70 bits per heavy atom. The Labute approximate surface area is 211 Å². The maximum absolute atomic E-state index is 13.8. The quantitative estimate of drug-likeness (QED) is 0.360. The van der Waals surface area contributed by atoms with Crippen LogP contribution in [0.25, 0.3) is 22.2 Å². The minimum absolute atomic E-state index is 0.113. The van der Waals surface area contributed by atoms with Gasteiger partial charge < -0.3 is 29.3 Å². The average molecular weight is 498 g/mol. The molecule has 7 rings (SSSR count). The third-order valence-corrected chi connectivity index (χ3v) is 7.47. The number of aromatic nitrogens is 1. The van der Waals surface area contributed by atoms with E-state index >= 15 is 0 Å². The molecule has 3 aromatic carbocycles. The van der Waals surface area contributed by atoms with Crippen molar-refractivity contribution >= 4 is 39.7 Å². The molecule has 2 fully saturated rings. The number of nitrogens with zero attached hydrogens (tertiary/aromatic N) is 2. The lowest BCUT2D eigenvalue weighted by molar-refractivity contribution is -0.169. The van der Waals surface area contributed by atoms with Crippen LogP contribution in [0.3, 0.4) is 0 Å². The predicted octanol–water partition coefficient (Wildman–Crippen LogP) is 4.82. The van der Waals surface area contributed by atoms with E-state index in [0.29, 0.717) is 65.5 Å². The van der Waals surface area contributed by atoms with Crippen LogP contribution in [-0.4, -0.2) is 54.1 Å². The molecule has 1 aliphatic carbocycles. The molecule has 37 heavy (non-hydrogen) atoms. The van der Waals surface area contributed by atoms with Crippen LogP contribution >= 0.6 is 0 Å². The largest absolute Gasteiger partial charge is 0.478 e. The Hall–Kier alpha value is -4.21. The van der Waals surface area contributed by atoms with E-state index in [1.165, 1.54) is 12.1 Å². The van der Waals surface area contributed by atoms with Crippen LogP contribution < -0.4 is 10.2 Å². The Bertz CT molecular complexity index is 1560. The van der Waals surface area contributed by atoms with Gasteiger partial charge in [0.1, 0.15) is 5.52 Å². The van der Waals surface area contributed by atoms with Gasteiger partial charge in [-0.15, -0.1) is 0 Å². The summed E-state index contributed by atoms with van der Waals surface area (Å²) >= 11 is 0. The van der Waals surface area contributed by atoms with Crippen molar-refractivity contribution in [2.45, 2.75) is 18.6 Å². The summed E-state index contributed by atoms with van der Waals surface area (Å²) in [6.07, 6.45) is 1.45. The van der Waals surface area contributed by atoms with Crippen LogP contribution in [0.15, 0.2) is 59.1 Å². The van der Waals surface area contributed by atoms with Crippen molar-refractivity contribution in [1.82, 2.24) is 5.16 Å². The molecule has 1 aromatic heterocycles. The van der Waals surface area contributed by atoms with Gasteiger partial charge in [-0.25, -0.2) is 4.79 Å². The number of carbonyl (C=O) groups excluding carboxylic acids is 1. The highest BCUT2D eigenvalue weighted by molar-refractivity contribution is 6.28. The summed E-state index contributed by atoms with van der Waals surface area (Å²) in [5, 5.41) is 17.7. The minimum atomic E-state index is -0.996. The van der Waals surface area contributed by atoms with E-state index in [4.69, 9.17) is 14.0 Å². The maximum atomic E-state index is 13.8. The highest BCUT2D eigenvalue weighted by atomic mass is 16.7. The molecular weight excluding hydrogens is 474 g/mol. The number of nitrogens with one attached hydrogen (secondary N) is 1. The molecule has 1 spiro atoms. The number of aromatic carboxylic acids is 1. The normalized spacial score (nSPS) is 17.8. The number of hydrogen-bond acceptors (Lipinski definition) is 8. The number of ether oxygens (including phenoxy) is 2. The molecule has 9 heteroatoms. The molecule has 3 aliphatic rings. The van der Waals surface area contributed by atoms with Crippen LogP contribution in [0.1, 0.15) is 39.1 Å². The molecule has 9 nitrogen and oxygen atoms in total. The van der Waals surface area contributed by atoms with Crippen molar-refractivity contribution in [3.63, 3.8) is 0 Å². The summed E-state index contributed by atoms with van der Waals surface area (Å²) in [6, 6.07) is 15.8. The molecule has 0 amide bonds. The summed E-state index contributed by atoms with van der Waals surface area (Å²) in [5.74, 6) is -1.05. The molecule has 0 unspecified atom stereocenters. The van der Waals surface area contributed by atoms with Gasteiger partial charge in [0.05, 0.1) is 41.1 Å². The molecule has 0 saturated carbocycles. The van der Waals surface area contributed by atoms with Gasteiger partial charge in [0.15, 0.2) is 17.3 Å². The molecule has 3 heterocycles. The van der Waals surface area contributed by atoms with Crippen LogP contribution in [-0.2, 0) is 9.47 Å². The van der Waals surface area contributed by atoms with Crippen LogP contribution in [0.2, 0.25) is 0 Å². The fraction of sp³-hybridized carbons (Fsp3) is 0.250. The Kier molecular flexibility index (Phi) is 4.85. The zero-order chi connectivity index (χ0) is 25.1. The van der Waals surface area contributed by atoms with E-state index in [1.807, 2.05) is 24.3 Å². The van der Waals surface area contributed by atoms with Gasteiger partial charge in [-0.05, 0) is 30.3 Å². The fourth-order valence-corrected chi connectivity index (χ4v) is 5.61. The number of rotatable bonds is 4. The van der Waals surface area contributed by atoms with Gasteiger partial charge in [0.2, 0.25) is 0 Å². The lowest BCUT2D eigenvalue weighted by Gasteiger charge is -2.39. The average Bonchev–Trinajstić information content (AvgIpc) is 3.56. The van der Waals surface area contributed by atoms with Gasteiger partial charge in [-0.3, -0.25) is 4.79 Å². The first-order valence-corrected chi connectivity index (χ1v) is 12.3. The lowest BCUT2D eigenvalue weighted by Crippen LogP contribution is -2.45. The zero-order valence-electron chi connectivity index (χ0n) is 19.8. The number of piperidine rings is 1. The number of carboxylic acids is 1. The molecule has 2 saturated heterocycles. The maximum Gasteiger partial charge on any atom is 0.335 e. The first-order chi connectivity index (χ1) is 18.0. The Balaban J connectivity index is 1.36. The minimum Gasteiger partial charge on any atom is -0.478 e. The highest BCUT2D eigenvalue weighted by Gasteiger charge is 2.41. The third-order valence-electron chi connectivity index (χ3n) is 7.47. The topological polar surface area (TPSA) is 114 Å². The van der Waals surface area contributed by atoms with Crippen molar-refractivity contribution in [1.29, 1.82) is 0 Å². The summed E-state index contributed by atoms with van der Waals surface area (Å²) in [7, 11) is 0. The third kappa shape index (κ3) is 3.42. The standard InChI is InChI=1S/C28H23N3O6/c32-25-18-3-1-2-4-19(18)26-23-22(25)20(29-17-7-5-16(6-8-17)27(33)34)15-21(24(23)30-37-26)31-11-9-28(10-12-31)35-13-14-36-28/h1-8,15,29H,9-14H2,(H,33,34). The monoisotopic (exact) mass is 497 g/mol. The molecular formula is C28H23N3O6. The van der Waals surface area contributed by atoms with E-state index < -0.39 is 11.8 Å². The summed E-state index contributed by atoms with van der Waals surface area (Å²) < 4.78 is 17.7. The molecule has 0 atom stereocenters. The van der Waals surface area contributed by atoms with Gasteiger partial charge in [0.25, 0.3) is 0 Å². The number of carboxylic acid groups (broad SMARTS) is 1. The van der Waals surface area contributed by atoms with Crippen molar-refractivity contribution in [3.05, 3.63) is 71.3 Å². The number of fused-ring (bicyclic) bond motifs is 2.